The molecule has 1 aromatic carbocycles. The Bertz CT molecular complexity index is 511. The number of aromatic hydroxyl groups is 1. The van der Waals surface area contributed by atoms with Gasteiger partial charge in [-0.15, -0.1) is 0 Å². The van der Waals surface area contributed by atoms with E-state index in [1.54, 1.807) is 12.3 Å². The predicted octanol–water partition coefficient (Wildman–Crippen LogP) is 3.05. The molecule has 0 aliphatic heterocycles. The molecule has 1 heterocycles. The lowest BCUT2D eigenvalue weighted by atomic mass is 10.2. The molecule has 0 aliphatic carbocycles. The molecule has 0 spiro atoms. The quantitative estimate of drug-likeness (QED) is 0.891. The number of phenolic OH excluding ortho intramolecular Hbond substituents is 1. The summed E-state index contributed by atoms with van der Waals surface area (Å²) in [4.78, 5) is 0. The largest absolute Gasteiger partial charge is 0.504 e. The van der Waals surface area contributed by atoms with Gasteiger partial charge in [0.2, 0.25) is 0 Å². The Labute approximate surface area is 114 Å². The molecule has 0 amide bonds. The third kappa shape index (κ3) is 3.05. The second-order valence-corrected chi connectivity index (χ2v) is 4.71. The van der Waals surface area contributed by atoms with Gasteiger partial charge in [-0.25, -0.2) is 0 Å². The van der Waals surface area contributed by atoms with Gasteiger partial charge in [-0.1, -0.05) is 15.9 Å². The third-order valence-electron chi connectivity index (χ3n) is 2.53. The fraction of sp³-hybridized carbons (Fsp3) is 0.231. The van der Waals surface area contributed by atoms with Gasteiger partial charge in [-0.2, -0.15) is 0 Å². The van der Waals surface area contributed by atoms with Gasteiger partial charge >= 0.3 is 0 Å². The van der Waals surface area contributed by atoms with Crippen molar-refractivity contribution in [3.8, 4) is 11.5 Å². The van der Waals surface area contributed by atoms with Crippen LogP contribution >= 0.6 is 15.9 Å². The highest BCUT2D eigenvalue weighted by Crippen LogP contribution is 2.33. The zero-order valence-corrected chi connectivity index (χ0v) is 11.5. The van der Waals surface area contributed by atoms with Crippen molar-refractivity contribution in [2.75, 3.05) is 7.11 Å². The number of hydrogen-bond acceptors (Lipinski definition) is 4. The summed E-state index contributed by atoms with van der Waals surface area (Å²) in [5.41, 5.74) is 0.771. The molecule has 0 saturated heterocycles. The molecular weight excluding hydrogens is 298 g/mol. The van der Waals surface area contributed by atoms with E-state index < -0.39 is 0 Å². The van der Waals surface area contributed by atoms with Crippen molar-refractivity contribution < 1.29 is 14.3 Å². The Balaban J connectivity index is 2.02. The van der Waals surface area contributed by atoms with Crippen LogP contribution in [0.15, 0.2) is 39.4 Å². The van der Waals surface area contributed by atoms with Gasteiger partial charge in [-0.05, 0) is 24.3 Å². The van der Waals surface area contributed by atoms with Gasteiger partial charge in [0.05, 0.1) is 19.9 Å². The van der Waals surface area contributed by atoms with Gasteiger partial charge in [-0.3, -0.25) is 0 Å². The predicted molar refractivity (Wildman–Crippen MR) is 71.6 cm³/mol. The van der Waals surface area contributed by atoms with E-state index in [1.807, 2.05) is 18.2 Å². The Kier molecular flexibility index (Phi) is 4.28. The van der Waals surface area contributed by atoms with Crippen molar-refractivity contribution in [2.24, 2.45) is 0 Å². The first kappa shape index (κ1) is 13.0. The van der Waals surface area contributed by atoms with Crippen LogP contribution in [0.1, 0.15) is 11.3 Å². The maximum Gasteiger partial charge on any atom is 0.162 e. The average molecular weight is 312 g/mol. The molecule has 2 N–H and O–H groups in total. The number of hydrogen-bond donors (Lipinski definition) is 2. The zero-order valence-electron chi connectivity index (χ0n) is 9.94. The summed E-state index contributed by atoms with van der Waals surface area (Å²) >= 11 is 3.38. The van der Waals surface area contributed by atoms with Crippen LogP contribution in [-0.2, 0) is 13.1 Å². The highest BCUT2D eigenvalue weighted by molar-refractivity contribution is 9.10. The molecule has 0 unspecified atom stereocenters. The molecule has 0 fully saturated rings. The van der Waals surface area contributed by atoms with Crippen LogP contribution in [0.25, 0.3) is 0 Å². The van der Waals surface area contributed by atoms with Gasteiger partial charge in [0.1, 0.15) is 5.76 Å². The Morgan fingerprint density at radius 2 is 2.22 bits per heavy atom. The molecule has 0 aliphatic rings. The summed E-state index contributed by atoms with van der Waals surface area (Å²) in [6.45, 7) is 1.14. The van der Waals surface area contributed by atoms with E-state index >= 15 is 0 Å². The highest BCUT2D eigenvalue weighted by Gasteiger charge is 2.09. The molecule has 5 heteroatoms. The van der Waals surface area contributed by atoms with Gasteiger partial charge in [0, 0.05) is 16.6 Å². The number of methoxy groups -OCH3 is 1. The van der Waals surface area contributed by atoms with E-state index in [2.05, 4.69) is 21.2 Å². The molecular formula is C13H14BrNO3. The van der Waals surface area contributed by atoms with E-state index in [0.717, 1.165) is 15.8 Å². The molecule has 0 radical (unpaired) electrons. The number of halogens is 1. The first-order valence-corrected chi connectivity index (χ1v) is 6.28. The lowest BCUT2D eigenvalue weighted by molar-refractivity contribution is 0.369. The van der Waals surface area contributed by atoms with Gasteiger partial charge < -0.3 is 19.6 Å². The highest BCUT2D eigenvalue weighted by atomic mass is 79.9. The van der Waals surface area contributed by atoms with Crippen molar-refractivity contribution in [1.29, 1.82) is 0 Å². The van der Waals surface area contributed by atoms with Crippen LogP contribution < -0.4 is 10.1 Å². The van der Waals surface area contributed by atoms with E-state index in [1.165, 1.54) is 7.11 Å². The zero-order chi connectivity index (χ0) is 13.0. The number of phenols is 1. The normalized spacial score (nSPS) is 10.6. The van der Waals surface area contributed by atoms with Crippen LogP contribution in [0.2, 0.25) is 0 Å². The second-order valence-electron chi connectivity index (χ2n) is 3.80. The average Bonchev–Trinajstić information content (AvgIpc) is 2.86. The first-order valence-electron chi connectivity index (χ1n) is 5.49. The monoisotopic (exact) mass is 311 g/mol. The van der Waals surface area contributed by atoms with Crippen LogP contribution in [0.3, 0.4) is 0 Å². The van der Waals surface area contributed by atoms with E-state index in [4.69, 9.17) is 9.15 Å². The molecule has 2 aromatic rings. The maximum absolute atomic E-state index is 9.96. The number of rotatable bonds is 5. The van der Waals surface area contributed by atoms with Crippen LogP contribution in [0.4, 0.5) is 0 Å². The molecule has 0 bridgehead atoms. The minimum atomic E-state index is 0.160. The summed E-state index contributed by atoms with van der Waals surface area (Å²) in [6.07, 6.45) is 1.64. The number of ether oxygens (including phenoxy) is 1. The summed E-state index contributed by atoms with van der Waals surface area (Å²) in [5.74, 6) is 1.48. The molecule has 96 valence electrons. The molecule has 0 saturated carbocycles. The van der Waals surface area contributed by atoms with Crippen molar-refractivity contribution in [3.05, 3.63) is 46.3 Å². The molecule has 2 rings (SSSR count). The van der Waals surface area contributed by atoms with Gasteiger partial charge in [0.25, 0.3) is 0 Å². The lowest BCUT2D eigenvalue weighted by Gasteiger charge is -2.10. The smallest absolute Gasteiger partial charge is 0.162 e. The lowest BCUT2D eigenvalue weighted by Crippen LogP contribution is -2.12. The third-order valence-corrected chi connectivity index (χ3v) is 2.99. The molecule has 4 nitrogen and oxygen atoms in total. The minimum absolute atomic E-state index is 0.160. The Hall–Kier alpha value is -1.46. The fourth-order valence-electron chi connectivity index (χ4n) is 1.65. The van der Waals surface area contributed by atoms with Crippen LogP contribution in [0, 0.1) is 0 Å². The summed E-state index contributed by atoms with van der Waals surface area (Å²) in [7, 11) is 1.53. The molecule has 0 atom stereocenters. The minimum Gasteiger partial charge on any atom is -0.504 e. The Morgan fingerprint density at radius 3 is 2.89 bits per heavy atom. The van der Waals surface area contributed by atoms with Gasteiger partial charge in [0.15, 0.2) is 11.5 Å². The SMILES string of the molecule is COc1cc(Br)cc(CNCc2ccco2)c1O. The number of benzene rings is 1. The standard InChI is InChI=1S/C13H14BrNO3/c1-17-12-6-10(14)5-9(13(12)16)7-15-8-11-3-2-4-18-11/h2-6,15-16H,7-8H2,1H3. The van der Waals surface area contributed by atoms with E-state index in [9.17, 15) is 5.11 Å². The summed E-state index contributed by atoms with van der Waals surface area (Å²) in [5, 5.41) is 13.2. The van der Waals surface area contributed by atoms with E-state index in [0.29, 0.717) is 18.8 Å². The fourth-order valence-corrected chi connectivity index (χ4v) is 2.14. The van der Waals surface area contributed by atoms with E-state index in [-0.39, 0.29) is 5.75 Å². The van der Waals surface area contributed by atoms with Crippen molar-refractivity contribution in [2.45, 2.75) is 13.1 Å². The summed E-state index contributed by atoms with van der Waals surface area (Å²) < 4.78 is 11.2. The topological polar surface area (TPSA) is 54.6 Å². The van der Waals surface area contributed by atoms with Crippen molar-refractivity contribution >= 4 is 15.9 Å². The van der Waals surface area contributed by atoms with Crippen molar-refractivity contribution in [1.82, 2.24) is 5.32 Å². The van der Waals surface area contributed by atoms with Crippen LogP contribution in [-0.4, -0.2) is 12.2 Å². The van der Waals surface area contributed by atoms with Crippen molar-refractivity contribution in [3.63, 3.8) is 0 Å². The summed E-state index contributed by atoms with van der Waals surface area (Å²) in [6, 6.07) is 7.32. The number of furan rings is 1. The van der Waals surface area contributed by atoms with Crippen LogP contribution in [0.5, 0.6) is 11.5 Å². The first-order chi connectivity index (χ1) is 8.70. The molecule has 18 heavy (non-hydrogen) atoms. The Morgan fingerprint density at radius 1 is 1.39 bits per heavy atom. The second kappa shape index (κ2) is 5.93. The number of nitrogens with one attached hydrogen (secondary N) is 1. The maximum atomic E-state index is 9.96. The molecule has 1 aromatic heterocycles.